The molecule has 5 nitrogen and oxygen atoms in total. The second kappa shape index (κ2) is 6.46. The van der Waals surface area contributed by atoms with Crippen LogP contribution in [0.2, 0.25) is 0 Å². The number of hydroxylamine groups is 2. The monoisotopic (exact) mass is 361 g/mol. The lowest BCUT2D eigenvalue weighted by molar-refractivity contribution is -0.257. The second-order valence-electron chi connectivity index (χ2n) is 9.60. The van der Waals surface area contributed by atoms with Gasteiger partial charge >= 0.3 is 0 Å². The van der Waals surface area contributed by atoms with Crippen LogP contribution in [0.1, 0.15) is 71.7 Å². The molecular weight excluding hydrogens is 330 g/mol. The van der Waals surface area contributed by atoms with Crippen molar-refractivity contribution >= 4 is 11.7 Å². The van der Waals surface area contributed by atoms with Crippen molar-refractivity contribution in [1.29, 1.82) is 0 Å². The van der Waals surface area contributed by atoms with Gasteiger partial charge in [0.2, 0.25) is 0 Å². The van der Waals surface area contributed by atoms with E-state index < -0.39 is 28.1 Å². The molecule has 2 atom stereocenters. The van der Waals surface area contributed by atoms with Gasteiger partial charge in [-0.2, -0.15) is 5.06 Å². The third-order valence-electron chi connectivity index (χ3n) is 5.05. The highest BCUT2D eigenvalue weighted by molar-refractivity contribution is 5.94. The molecule has 0 spiro atoms. The Morgan fingerprint density at radius 2 is 1.65 bits per heavy atom. The lowest BCUT2D eigenvalue weighted by Crippen LogP contribution is -2.55. The highest BCUT2D eigenvalue weighted by atomic mass is 16.7. The molecule has 1 heterocycles. The first kappa shape index (κ1) is 20.6. The van der Waals surface area contributed by atoms with Crippen molar-refractivity contribution in [1.82, 2.24) is 5.06 Å². The molecule has 1 aromatic carbocycles. The Balaban J connectivity index is 2.40. The molecule has 1 aliphatic heterocycles. The van der Waals surface area contributed by atoms with Gasteiger partial charge in [0.15, 0.2) is 5.72 Å². The van der Waals surface area contributed by atoms with Crippen molar-refractivity contribution in [2.24, 2.45) is 10.8 Å². The Kier molecular flexibility index (Phi) is 5.12. The van der Waals surface area contributed by atoms with Crippen LogP contribution in [0, 0.1) is 10.8 Å². The summed E-state index contributed by atoms with van der Waals surface area (Å²) >= 11 is 0. The molecule has 0 bridgehead atoms. The Hall–Kier alpha value is -1.72. The van der Waals surface area contributed by atoms with E-state index in [4.69, 9.17) is 4.84 Å². The zero-order valence-corrected chi connectivity index (χ0v) is 16.9. The number of amides is 1. The summed E-state index contributed by atoms with van der Waals surface area (Å²) in [6.45, 7) is 12.9. The molecule has 0 aliphatic carbocycles. The molecule has 2 rings (SSSR count). The number of rotatable bonds is 3. The zero-order valence-electron chi connectivity index (χ0n) is 16.9. The fourth-order valence-electron chi connectivity index (χ4n) is 3.10. The number of aliphatic hydroxyl groups is 1. The molecule has 1 saturated heterocycles. The molecule has 1 fully saturated rings. The molecule has 0 unspecified atom stereocenters. The summed E-state index contributed by atoms with van der Waals surface area (Å²) in [4.78, 5) is 31.6. The molecule has 0 radical (unpaired) electrons. The Labute approximate surface area is 156 Å². The fraction of sp³-hybridized carbons (Fsp3) is 0.619. The Morgan fingerprint density at radius 1 is 1.12 bits per heavy atom. The molecule has 1 amide bonds. The summed E-state index contributed by atoms with van der Waals surface area (Å²) in [5.41, 5.74) is -3.20. The van der Waals surface area contributed by atoms with Gasteiger partial charge in [-0.25, -0.2) is 0 Å². The van der Waals surface area contributed by atoms with Crippen molar-refractivity contribution in [2.45, 2.75) is 72.6 Å². The number of Topliss-reactive ketones (excluding diaryl/α,β-unsaturated/α-hetero) is 1. The number of nitrogens with zero attached hydrogens (tertiary/aromatic N) is 1. The molecule has 0 aromatic heterocycles. The van der Waals surface area contributed by atoms with Gasteiger partial charge in [-0.15, -0.1) is 0 Å². The first-order valence-corrected chi connectivity index (χ1v) is 9.04. The van der Waals surface area contributed by atoms with Crippen LogP contribution in [0.3, 0.4) is 0 Å². The summed E-state index contributed by atoms with van der Waals surface area (Å²) in [6.07, 6.45) is 0.303. The normalized spacial score (nSPS) is 26.8. The van der Waals surface area contributed by atoms with Gasteiger partial charge in [0, 0.05) is 29.2 Å². The average molecular weight is 361 g/mol. The van der Waals surface area contributed by atoms with Gasteiger partial charge in [0.05, 0.1) is 0 Å². The smallest absolute Gasteiger partial charge is 0.280 e. The van der Waals surface area contributed by atoms with Gasteiger partial charge in [0.25, 0.3) is 5.91 Å². The van der Waals surface area contributed by atoms with Gasteiger partial charge in [-0.3, -0.25) is 14.4 Å². The van der Waals surface area contributed by atoms with Crippen molar-refractivity contribution in [2.75, 3.05) is 0 Å². The molecular formula is C21H31NO4. The van der Waals surface area contributed by atoms with E-state index in [0.717, 1.165) is 5.06 Å². The number of hydrogen-bond acceptors (Lipinski definition) is 4. The highest BCUT2D eigenvalue weighted by Gasteiger charge is 2.60. The molecule has 5 heteroatoms. The van der Waals surface area contributed by atoms with Crippen LogP contribution in [-0.4, -0.2) is 33.2 Å². The molecule has 0 saturated carbocycles. The minimum absolute atomic E-state index is 0.0327. The fourth-order valence-corrected chi connectivity index (χ4v) is 3.10. The van der Waals surface area contributed by atoms with Gasteiger partial charge in [-0.05, 0) is 19.1 Å². The van der Waals surface area contributed by atoms with Crippen LogP contribution in [-0.2, 0) is 9.63 Å². The minimum Gasteiger partial charge on any atom is -0.368 e. The lowest BCUT2D eigenvalue weighted by atomic mass is 9.75. The summed E-state index contributed by atoms with van der Waals surface area (Å²) in [5, 5.41) is 12.5. The topological polar surface area (TPSA) is 66.8 Å². The van der Waals surface area contributed by atoms with Crippen LogP contribution in [0.15, 0.2) is 30.3 Å². The number of carbonyl (C=O) groups excluding carboxylic acids is 2. The van der Waals surface area contributed by atoms with Gasteiger partial charge in [0.1, 0.15) is 11.4 Å². The third-order valence-corrected chi connectivity index (χ3v) is 5.05. The van der Waals surface area contributed by atoms with E-state index in [9.17, 15) is 14.7 Å². The molecule has 26 heavy (non-hydrogen) atoms. The van der Waals surface area contributed by atoms with Crippen LogP contribution in [0.4, 0.5) is 0 Å². The number of ketones is 1. The van der Waals surface area contributed by atoms with E-state index in [-0.39, 0.29) is 18.6 Å². The first-order valence-electron chi connectivity index (χ1n) is 9.04. The maximum Gasteiger partial charge on any atom is 0.280 e. The quantitative estimate of drug-likeness (QED) is 0.885. The van der Waals surface area contributed by atoms with Crippen LogP contribution in [0.25, 0.3) is 0 Å². The predicted molar refractivity (Wildman–Crippen MR) is 100 cm³/mol. The van der Waals surface area contributed by atoms with Crippen molar-refractivity contribution in [3.63, 3.8) is 0 Å². The maximum absolute atomic E-state index is 13.0. The summed E-state index contributed by atoms with van der Waals surface area (Å²) in [7, 11) is 0. The average Bonchev–Trinajstić information content (AvgIpc) is 2.78. The van der Waals surface area contributed by atoms with E-state index in [1.54, 1.807) is 31.2 Å². The van der Waals surface area contributed by atoms with Crippen molar-refractivity contribution in [3.8, 4) is 0 Å². The number of benzene rings is 1. The Bertz CT molecular complexity index is 686. The van der Waals surface area contributed by atoms with E-state index in [2.05, 4.69) is 0 Å². The number of hydrogen-bond donors (Lipinski definition) is 1. The molecule has 1 aromatic rings. The van der Waals surface area contributed by atoms with Crippen LogP contribution >= 0.6 is 0 Å². The summed E-state index contributed by atoms with van der Waals surface area (Å²) in [5.74, 6) is -0.375. The minimum atomic E-state index is -1.52. The SMILES string of the molecule is CC(C)(C)C(=O)C[C@@]1(C)C[C@@](O)(C(C)(C)C)N(C(=O)c2ccccc2)O1. The van der Waals surface area contributed by atoms with E-state index in [1.165, 1.54) is 0 Å². The van der Waals surface area contributed by atoms with Gasteiger partial charge in [-0.1, -0.05) is 59.7 Å². The lowest BCUT2D eigenvalue weighted by Gasteiger charge is -2.41. The highest BCUT2D eigenvalue weighted by Crippen LogP contribution is 2.49. The molecule has 1 N–H and O–H groups in total. The van der Waals surface area contributed by atoms with Crippen molar-refractivity contribution < 1.29 is 19.5 Å². The molecule has 144 valence electrons. The van der Waals surface area contributed by atoms with Gasteiger partial charge < -0.3 is 5.11 Å². The van der Waals surface area contributed by atoms with Crippen LogP contribution in [0.5, 0.6) is 0 Å². The first-order chi connectivity index (χ1) is 11.7. The third kappa shape index (κ3) is 3.84. The van der Waals surface area contributed by atoms with E-state index in [0.29, 0.717) is 5.56 Å². The maximum atomic E-state index is 13.0. The summed E-state index contributed by atoms with van der Waals surface area (Å²) in [6, 6.07) is 8.72. The number of carbonyl (C=O) groups is 2. The van der Waals surface area contributed by atoms with E-state index >= 15 is 0 Å². The second-order valence-corrected chi connectivity index (χ2v) is 9.60. The predicted octanol–water partition coefficient (Wildman–Crippen LogP) is 3.96. The largest absolute Gasteiger partial charge is 0.368 e. The van der Waals surface area contributed by atoms with Crippen molar-refractivity contribution in [3.05, 3.63) is 35.9 Å². The van der Waals surface area contributed by atoms with Crippen LogP contribution < -0.4 is 0 Å². The molecule has 1 aliphatic rings. The summed E-state index contributed by atoms with van der Waals surface area (Å²) < 4.78 is 0. The zero-order chi connectivity index (χ0) is 20.0. The standard InChI is InChI=1S/C21H31NO4/c1-18(2,3)16(23)13-20(7)14-21(25,19(4,5)6)22(26-20)17(24)15-11-9-8-10-12-15/h8-12,25H,13-14H2,1-7H3/t20-,21+/m0/s1. The Morgan fingerprint density at radius 3 is 2.12 bits per heavy atom. The van der Waals surface area contributed by atoms with E-state index in [1.807, 2.05) is 47.6 Å².